The van der Waals surface area contributed by atoms with E-state index < -0.39 is 0 Å². The molecule has 2 nitrogen and oxygen atoms in total. The van der Waals surface area contributed by atoms with E-state index in [0.717, 1.165) is 21.8 Å². The summed E-state index contributed by atoms with van der Waals surface area (Å²) in [5, 5.41) is 12.0. The zero-order valence-electron chi connectivity index (χ0n) is 9.33. The summed E-state index contributed by atoms with van der Waals surface area (Å²) in [6.07, 6.45) is 0. The standard InChI is InChI=1S/C14H13NO/c1-8-6-7-9(2)14-12(8)13-10(15-14)4-3-5-11(13)16/h3-7,15-16H,1-2H3. The SMILES string of the molecule is Cc1ccc(C)c2c1[nH]c1cccc(O)c12. The highest BCUT2D eigenvalue weighted by Gasteiger charge is 2.11. The number of hydrogen-bond acceptors (Lipinski definition) is 1. The minimum Gasteiger partial charge on any atom is -0.507 e. The van der Waals surface area contributed by atoms with E-state index in [0.29, 0.717) is 5.75 Å². The Hall–Kier alpha value is -1.96. The van der Waals surface area contributed by atoms with E-state index in [-0.39, 0.29) is 0 Å². The molecule has 1 heterocycles. The fourth-order valence-electron chi connectivity index (χ4n) is 2.34. The molecule has 80 valence electrons. The van der Waals surface area contributed by atoms with E-state index in [1.807, 2.05) is 12.1 Å². The number of phenols is 1. The molecule has 0 aliphatic rings. The van der Waals surface area contributed by atoms with Gasteiger partial charge in [0.2, 0.25) is 0 Å². The molecule has 0 unspecified atom stereocenters. The van der Waals surface area contributed by atoms with Gasteiger partial charge in [0.05, 0.1) is 5.52 Å². The topological polar surface area (TPSA) is 36.0 Å². The molecule has 3 rings (SSSR count). The van der Waals surface area contributed by atoms with Crippen molar-refractivity contribution in [3.8, 4) is 5.75 Å². The van der Waals surface area contributed by atoms with Gasteiger partial charge in [-0.2, -0.15) is 0 Å². The number of aryl methyl sites for hydroxylation is 2. The Bertz CT molecular complexity index is 695. The number of phenolic OH excluding ortho intramolecular Hbond substituents is 1. The average molecular weight is 211 g/mol. The van der Waals surface area contributed by atoms with Crippen LogP contribution in [0.5, 0.6) is 5.75 Å². The van der Waals surface area contributed by atoms with Crippen LogP contribution in [-0.4, -0.2) is 10.1 Å². The van der Waals surface area contributed by atoms with Crippen molar-refractivity contribution in [3.05, 3.63) is 41.5 Å². The van der Waals surface area contributed by atoms with Crippen LogP contribution in [0.1, 0.15) is 11.1 Å². The van der Waals surface area contributed by atoms with Gasteiger partial charge < -0.3 is 10.1 Å². The van der Waals surface area contributed by atoms with Crippen molar-refractivity contribution < 1.29 is 5.11 Å². The number of aromatic amines is 1. The molecule has 0 saturated carbocycles. The van der Waals surface area contributed by atoms with Gasteiger partial charge in [0.25, 0.3) is 0 Å². The van der Waals surface area contributed by atoms with Gasteiger partial charge in [0.1, 0.15) is 5.75 Å². The second-order valence-corrected chi connectivity index (χ2v) is 4.27. The molecule has 3 aromatic rings. The van der Waals surface area contributed by atoms with Crippen molar-refractivity contribution in [3.63, 3.8) is 0 Å². The Balaban J connectivity index is 2.68. The monoisotopic (exact) mass is 211 g/mol. The van der Waals surface area contributed by atoms with E-state index in [1.165, 1.54) is 11.1 Å². The van der Waals surface area contributed by atoms with Crippen LogP contribution >= 0.6 is 0 Å². The minimum absolute atomic E-state index is 0.345. The summed E-state index contributed by atoms with van der Waals surface area (Å²) in [7, 11) is 0. The molecule has 0 amide bonds. The molecule has 0 radical (unpaired) electrons. The molecule has 0 bridgehead atoms. The quantitative estimate of drug-likeness (QED) is 0.585. The van der Waals surface area contributed by atoms with E-state index >= 15 is 0 Å². The van der Waals surface area contributed by atoms with Crippen molar-refractivity contribution in [2.75, 3.05) is 0 Å². The van der Waals surface area contributed by atoms with Crippen molar-refractivity contribution in [2.24, 2.45) is 0 Å². The zero-order chi connectivity index (χ0) is 11.3. The number of H-pyrrole nitrogens is 1. The van der Waals surface area contributed by atoms with Crippen LogP contribution in [0.15, 0.2) is 30.3 Å². The fraction of sp³-hybridized carbons (Fsp3) is 0.143. The third kappa shape index (κ3) is 1.07. The number of benzene rings is 2. The van der Waals surface area contributed by atoms with Crippen LogP contribution in [0.3, 0.4) is 0 Å². The second-order valence-electron chi connectivity index (χ2n) is 4.27. The maximum absolute atomic E-state index is 9.95. The van der Waals surface area contributed by atoms with Gasteiger partial charge in [-0.1, -0.05) is 18.2 Å². The first-order valence-electron chi connectivity index (χ1n) is 5.38. The molecule has 2 heteroatoms. The molecule has 2 aromatic carbocycles. The lowest BCUT2D eigenvalue weighted by Crippen LogP contribution is -1.79. The number of aromatic hydroxyl groups is 1. The lowest BCUT2D eigenvalue weighted by molar-refractivity contribution is 0.482. The Morgan fingerprint density at radius 2 is 1.69 bits per heavy atom. The first kappa shape index (κ1) is 9.28. The molecular weight excluding hydrogens is 198 g/mol. The van der Waals surface area contributed by atoms with Crippen LogP contribution < -0.4 is 0 Å². The maximum Gasteiger partial charge on any atom is 0.125 e. The number of hydrogen-bond donors (Lipinski definition) is 2. The predicted molar refractivity (Wildman–Crippen MR) is 66.9 cm³/mol. The Labute approximate surface area is 93.5 Å². The summed E-state index contributed by atoms with van der Waals surface area (Å²) in [4.78, 5) is 3.37. The van der Waals surface area contributed by atoms with Crippen LogP contribution in [0, 0.1) is 13.8 Å². The molecule has 2 N–H and O–H groups in total. The highest BCUT2D eigenvalue weighted by Crippen LogP contribution is 2.35. The molecule has 0 atom stereocenters. The fourth-order valence-corrected chi connectivity index (χ4v) is 2.34. The molecule has 0 fully saturated rings. The van der Waals surface area contributed by atoms with Crippen LogP contribution in [0.25, 0.3) is 21.8 Å². The lowest BCUT2D eigenvalue weighted by Gasteiger charge is -2.00. The van der Waals surface area contributed by atoms with E-state index in [9.17, 15) is 5.11 Å². The molecular formula is C14H13NO. The lowest BCUT2D eigenvalue weighted by atomic mass is 10.0. The summed E-state index contributed by atoms with van der Waals surface area (Å²) >= 11 is 0. The Morgan fingerprint density at radius 3 is 2.50 bits per heavy atom. The van der Waals surface area contributed by atoms with Crippen LogP contribution in [0.2, 0.25) is 0 Å². The second kappa shape index (κ2) is 3.01. The first-order chi connectivity index (χ1) is 7.68. The molecule has 0 aliphatic carbocycles. The number of nitrogens with one attached hydrogen (secondary N) is 1. The highest BCUT2D eigenvalue weighted by atomic mass is 16.3. The predicted octanol–water partition coefficient (Wildman–Crippen LogP) is 3.64. The van der Waals surface area contributed by atoms with Crippen molar-refractivity contribution in [1.29, 1.82) is 0 Å². The number of rotatable bonds is 0. The zero-order valence-corrected chi connectivity index (χ0v) is 9.33. The van der Waals surface area contributed by atoms with Crippen LogP contribution in [-0.2, 0) is 0 Å². The summed E-state index contributed by atoms with van der Waals surface area (Å²) in [5.74, 6) is 0.345. The van der Waals surface area contributed by atoms with Gasteiger partial charge in [-0.25, -0.2) is 0 Å². The number of fused-ring (bicyclic) bond motifs is 3. The largest absolute Gasteiger partial charge is 0.507 e. The van der Waals surface area contributed by atoms with Crippen molar-refractivity contribution in [2.45, 2.75) is 13.8 Å². The van der Waals surface area contributed by atoms with Gasteiger partial charge in [0.15, 0.2) is 0 Å². The summed E-state index contributed by atoms with van der Waals surface area (Å²) < 4.78 is 0. The summed E-state index contributed by atoms with van der Waals surface area (Å²) in [5.41, 5.74) is 4.51. The molecule has 16 heavy (non-hydrogen) atoms. The van der Waals surface area contributed by atoms with Gasteiger partial charge in [0, 0.05) is 16.3 Å². The minimum atomic E-state index is 0.345. The smallest absolute Gasteiger partial charge is 0.125 e. The molecule has 0 spiro atoms. The van der Waals surface area contributed by atoms with Gasteiger partial charge in [-0.15, -0.1) is 0 Å². The van der Waals surface area contributed by atoms with E-state index in [2.05, 4.69) is 31.0 Å². The highest BCUT2D eigenvalue weighted by molar-refractivity contribution is 6.12. The van der Waals surface area contributed by atoms with Crippen LogP contribution in [0.4, 0.5) is 0 Å². The third-order valence-electron chi connectivity index (χ3n) is 3.17. The molecule has 1 aromatic heterocycles. The Kier molecular flexibility index (Phi) is 1.75. The Morgan fingerprint density at radius 1 is 0.938 bits per heavy atom. The average Bonchev–Trinajstić information content (AvgIpc) is 2.65. The summed E-state index contributed by atoms with van der Waals surface area (Å²) in [6, 6.07) is 9.78. The summed E-state index contributed by atoms with van der Waals surface area (Å²) in [6.45, 7) is 4.15. The van der Waals surface area contributed by atoms with E-state index in [1.54, 1.807) is 6.07 Å². The van der Waals surface area contributed by atoms with E-state index in [4.69, 9.17) is 0 Å². The van der Waals surface area contributed by atoms with Gasteiger partial charge in [-0.05, 0) is 37.1 Å². The van der Waals surface area contributed by atoms with Gasteiger partial charge in [-0.3, -0.25) is 0 Å². The molecule has 0 saturated heterocycles. The normalized spacial score (nSPS) is 11.4. The first-order valence-corrected chi connectivity index (χ1v) is 5.38. The molecule has 0 aliphatic heterocycles. The van der Waals surface area contributed by atoms with Gasteiger partial charge >= 0.3 is 0 Å². The van der Waals surface area contributed by atoms with Crippen molar-refractivity contribution in [1.82, 2.24) is 4.98 Å². The third-order valence-corrected chi connectivity index (χ3v) is 3.17. The van der Waals surface area contributed by atoms with Crippen molar-refractivity contribution >= 4 is 21.8 Å². The number of aromatic nitrogens is 1. The maximum atomic E-state index is 9.95.